The number of nitrogens with one attached hydrogen (secondary N) is 1. The third kappa shape index (κ3) is 3.43. The highest BCUT2D eigenvalue weighted by atomic mass is 16.1. The van der Waals surface area contributed by atoms with Crippen molar-refractivity contribution < 1.29 is 4.79 Å². The predicted octanol–water partition coefficient (Wildman–Crippen LogP) is 1.61. The molecule has 0 aliphatic rings. The van der Waals surface area contributed by atoms with E-state index in [4.69, 9.17) is 6.42 Å². The third-order valence-corrected chi connectivity index (χ3v) is 2.01. The Balaban J connectivity index is 2.60. The first-order chi connectivity index (χ1) is 7.27. The van der Waals surface area contributed by atoms with Gasteiger partial charge in [0.05, 0.1) is 11.6 Å². The monoisotopic (exact) mass is 202 g/mol. The van der Waals surface area contributed by atoms with Gasteiger partial charge in [-0.05, 0) is 18.6 Å². The Hall–Kier alpha value is -1.82. The fraction of sp³-hybridized carbons (Fsp3) is 0.333. The Morgan fingerprint density at radius 3 is 3.07 bits per heavy atom. The number of pyridine rings is 1. The van der Waals surface area contributed by atoms with E-state index in [1.807, 2.05) is 6.92 Å². The molecule has 1 aromatic heterocycles. The molecule has 1 aromatic rings. The number of nitrogens with zero attached hydrogens (tertiary/aromatic N) is 1. The van der Waals surface area contributed by atoms with E-state index < -0.39 is 0 Å². The van der Waals surface area contributed by atoms with Crippen LogP contribution < -0.4 is 5.32 Å². The fourth-order valence-corrected chi connectivity index (χ4v) is 1.22. The summed E-state index contributed by atoms with van der Waals surface area (Å²) < 4.78 is 0. The molecular weight excluding hydrogens is 188 g/mol. The Kier molecular flexibility index (Phi) is 4.36. The number of terminal acetylenes is 1. The van der Waals surface area contributed by atoms with Crippen LogP contribution in [0.2, 0.25) is 0 Å². The molecule has 0 saturated carbocycles. The van der Waals surface area contributed by atoms with Crippen LogP contribution in [0.5, 0.6) is 0 Å². The Bertz CT molecular complexity index is 354. The van der Waals surface area contributed by atoms with Crippen LogP contribution in [0.15, 0.2) is 24.5 Å². The first-order valence-corrected chi connectivity index (χ1v) is 4.95. The molecule has 0 radical (unpaired) electrons. The number of rotatable bonds is 4. The summed E-state index contributed by atoms with van der Waals surface area (Å²) in [7, 11) is 0. The van der Waals surface area contributed by atoms with Crippen LogP contribution in [-0.4, -0.2) is 16.9 Å². The van der Waals surface area contributed by atoms with Gasteiger partial charge in [-0.3, -0.25) is 9.78 Å². The van der Waals surface area contributed by atoms with Crippen molar-refractivity contribution in [2.75, 3.05) is 0 Å². The van der Waals surface area contributed by atoms with E-state index in [0.717, 1.165) is 12.8 Å². The molecule has 1 rings (SSSR count). The largest absolute Gasteiger partial charge is 0.338 e. The van der Waals surface area contributed by atoms with Crippen molar-refractivity contribution in [3.05, 3.63) is 30.1 Å². The summed E-state index contributed by atoms with van der Waals surface area (Å²) in [6, 6.07) is 3.24. The van der Waals surface area contributed by atoms with Gasteiger partial charge in [0.15, 0.2) is 0 Å². The van der Waals surface area contributed by atoms with Crippen molar-refractivity contribution in [2.24, 2.45) is 0 Å². The lowest BCUT2D eigenvalue weighted by molar-refractivity contribution is 0.0944. The van der Waals surface area contributed by atoms with Crippen molar-refractivity contribution in [2.45, 2.75) is 25.8 Å². The Morgan fingerprint density at radius 1 is 1.73 bits per heavy atom. The molecule has 0 aliphatic carbocycles. The van der Waals surface area contributed by atoms with E-state index in [1.54, 1.807) is 18.3 Å². The van der Waals surface area contributed by atoms with Crippen LogP contribution in [0.1, 0.15) is 30.1 Å². The second kappa shape index (κ2) is 5.82. The average molecular weight is 202 g/mol. The van der Waals surface area contributed by atoms with Gasteiger partial charge in [0.2, 0.25) is 0 Å². The summed E-state index contributed by atoms with van der Waals surface area (Å²) in [5.41, 5.74) is 0.536. The molecule has 0 aliphatic heterocycles. The summed E-state index contributed by atoms with van der Waals surface area (Å²) in [4.78, 5) is 15.5. The molecule has 0 saturated heterocycles. The fourth-order valence-electron chi connectivity index (χ4n) is 1.22. The highest BCUT2D eigenvalue weighted by Gasteiger charge is 2.09. The van der Waals surface area contributed by atoms with Gasteiger partial charge in [0, 0.05) is 12.4 Å². The highest BCUT2D eigenvalue weighted by molar-refractivity contribution is 5.94. The maximum atomic E-state index is 11.6. The third-order valence-electron chi connectivity index (χ3n) is 2.01. The molecular formula is C12H14N2O. The zero-order valence-electron chi connectivity index (χ0n) is 8.73. The Morgan fingerprint density at radius 2 is 2.53 bits per heavy atom. The van der Waals surface area contributed by atoms with E-state index in [-0.39, 0.29) is 11.9 Å². The number of hydrogen-bond acceptors (Lipinski definition) is 2. The van der Waals surface area contributed by atoms with Crippen LogP contribution in [0.3, 0.4) is 0 Å². The second-order valence-corrected chi connectivity index (χ2v) is 3.22. The molecule has 1 amide bonds. The lowest BCUT2D eigenvalue weighted by Gasteiger charge is -2.11. The van der Waals surface area contributed by atoms with E-state index in [0.29, 0.717) is 5.56 Å². The smallest absolute Gasteiger partial charge is 0.253 e. The molecule has 3 nitrogen and oxygen atoms in total. The van der Waals surface area contributed by atoms with E-state index in [2.05, 4.69) is 16.2 Å². The van der Waals surface area contributed by atoms with Crippen LogP contribution in [-0.2, 0) is 0 Å². The molecule has 1 N–H and O–H groups in total. The summed E-state index contributed by atoms with van der Waals surface area (Å²) in [6.45, 7) is 2.03. The van der Waals surface area contributed by atoms with Crippen LogP contribution >= 0.6 is 0 Å². The second-order valence-electron chi connectivity index (χ2n) is 3.22. The van der Waals surface area contributed by atoms with Gasteiger partial charge in [-0.15, -0.1) is 6.42 Å². The standard InChI is InChI=1S/C12H14N2O/c1-3-6-11(4-2)14-12(15)10-7-5-8-13-9-10/h2,5,7-9,11H,3,6H2,1H3,(H,14,15). The van der Waals surface area contributed by atoms with Gasteiger partial charge in [-0.2, -0.15) is 0 Å². The summed E-state index contributed by atoms with van der Waals surface area (Å²) >= 11 is 0. The minimum Gasteiger partial charge on any atom is -0.338 e. The molecule has 3 heteroatoms. The number of hydrogen-bond donors (Lipinski definition) is 1. The molecule has 0 bridgehead atoms. The van der Waals surface area contributed by atoms with Crippen LogP contribution in [0.25, 0.3) is 0 Å². The van der Waals surface area contributed by atoms with E-state index >= 15 is 0 Å². The minimum absolute atomic E-state index is 0.167. The average Bonchev–Trinajstić information content (AvgIpc) is 2.29. The Labute approximate surface area is 89.9 Å². The first kappa shape index (κ1) is 11.3. The van der Waals surface area contributed by atoms with Crippen molar-refractivity contribution >= 4 is 5.91 Å². The quantitative estimate of drug-likeness (QED) is 0.754. The normalized spacial score (nSPS) is 11.5. The maximum absolute atomic E-state index is 11.6. The summed E-state index contributed by atoms with van der Waals surface area (Å²) in [6.07, 6.45) is 10.2. The van der Waals surface area contributed by atoms with Crippen molar-refractivity contribution in [3.63, 3.8) is 0 Å². The minimum atomic E-state index is -0.192. The summed E-state index contributed by atoms with van der Waals surface area (Å²) in [5, 5.41) is 2.77. The molecule has 1 unspecified atom stereocenters. The summed E-state index contributed by atoms with van der Waals surface area (Å²) in [5.74, 6) is 2.38. The van der Waals surface area contributed by atoms with Gasteiger partial charge < -0.3 is 5.32 Å². The highest BCUT2D eigenvalue weighted by Crippen LogP contribution is 1.99. The van der Waals surface area contributed by atoms with Gasteiger partial charge in [0.1, 0.15) is 0 Å². The van der Waals surface area contributed by atoms with Crippen molar-refractivity contribution in [1.82, 2.24) is 10.3 Å². The van der Waals surface area contributed by atoms with E-state index in [1.165, 1.54) is 6.20 Å². The van der Waals surface area contributed by atoms with Crippen molar-refractivity contribution in [3.8, 4) is 12.3 Å². The molecule has 0 aromatic carbocycles. The molecule has 1 atom stereocenters. The van der Waals surface area contributed by atoms with Gasteiger partial charge in [-0.25, -0.2) is 0 Å². The van der Waals surface area contributed by atoms with Crippen molar-refractivity contribution in [1.29, 1.82) is 0 Å². The predicted molar refractivity (Wildman–Crippen MR) is 59.2 cm³/mol. The lowest BCUT2D eigenvalue weighted by Crippen LogP contribution is -2.33. The first-order valence-electron chi connectivity index (χ1n) is 4.95. The number of aromatic nitrogens is 1. The molecule has 0 fully saturated rings. The zero-order chi connectivity index (χ0) is 11.1. The van der Waals surface area contributed by atoms with Gasteiger partial charge >= 0.3 is 0 Å². The van der Waals surface area contributed by atoms with Gasteiger partial charge in [-0.1, -0.05) is 19.3 Å². The molecule has 0 spiro atoms. The SMILES string of the molecule is C#CC(CCC)NC(=O)c1cccnc1. The van der Waals surface area contributed by atoms with Crippen LogP contribution in [0, 0.1) is 12.3 Å². The van der Waals surface area contributed by atoms with Gasteiger partial charge in [0.25, 0.3) is 5.91 Å². The number of amides is 1. The number of carbonyl (C=O) groups is 1. The van der Waals surface area contributed by atoms with E-state index in [9.17, 15) is 4.79 Å². The topological polar surface area (TPSA) is 42.0 Å². The molecule has 1 heterocycles. The molecule has 78 valence electrons. The lowest BCUT2D eigenvalue weighted by atomic mass is 10.1. The number of carbonyl (C=O) groups excluding carboxylic acids is 1. The zero-order valence-corrected chi connectivity index (χ0v) is 8.73. The van der Waals surface area contributed by atoms with Crippen LogP contribution in [0.4, 0.5) is 0 Å². The maximum Gasteiger partial charge on any atom is 0.253 e. The molecule has 15 heavy (non-hydrogen) atoms.